The van der Waals surface area contributed by atoms with Gasteiger partial charge in [-0.05, 0) is 6.07 Å². The number of rotatable bonds is 9. The molecule has 140 valence electrons. The van der Waals surface area contributed by atoms with E-state index in [-0.39, 0.29) is 28.7 Å². The first-order valence-corrected chi connectivity index (χ1v) is 9.60. The fourth-order valence-corrected chi connectivity index (χ4v) is 5.01. The zero-order valence-electron chi connectivity index (χ0n) is 13.9. The second kappa shape index (κ2) is 10.0. The summed E-state index contributed by atoms with van der Waals surface area (Å²) in [6.45, 7) is 1.84. The van der Waals surface area contributed by atoms with E-state index in [0.29, 0.717) is 25.1 Å². The van der Waals surface area contributed by atoms with Gasteiger partial charge in [0.2, 0.25) is 10.0 Å². The molecular weight excluding hydrogens is 388 g/mol. The minimum absolute atomic E-state index is 0. The Morgan fingerprint density at radius 2 is 1.88 bits per heavy atom. The normalized spacial score (nSPS) is 11.3. The van der Waals surface area contributed by atoms with Crippen LogP contribution in [-0.2, 0) is 19.5 Å². The van der Waals surface area contributed by atoms with Crippen LogP contribution in [-0.4, -0.2) is 54.8 Å². The van der Waals surface area contributed by atoms with Crippen LogP contribution < -0.4 is 10.0 Å². The van der Waals surface area contributed by atoms with Crippen LogP contribution in [0, 0.1) is 0 Å². The van der Waals surface area contributed by atoms with Gasteiger partial charge in [-0.3, -0.25) is 0 Å². The van der Waals surface area contributed by atoms with E-state index in [1.54, 1.807) is 31.4 Å². The van der Waals surface area contributed by atoms with Crippen molar-refractivity contribution in [3.05, 3.63) is 29.1 Å². The van der Waals surface area contributed by atoms with Gasteiger partial charge in [0.1, 0.15) is 9.77 Å². The van der Waals surface area contributed by atoms with E-state index in [0.717, 1.165) is 16.0 Å². The molecule has 0 unspecified atom stereocenters. The van der Waals surface area contributed by atoms with Crippen LogP contribution in [0.25, 0.3) is 10.1 Å². The molecule has 0 spiro atoms. The molecule has 0 aliphatic carbocycles. The lowest BCUT2D eigenvalue weighted by Gasteiger charge is -2.08. The quantitative estimate of drug-likeness (QED) is 0.483. The first-order valence-electron chi connectivity index (χ1n) is 7.30. The van der Waals surface area contributed by atoms with Crippen LogP contribution >= 0.6 is 23.7 Å². The van der Waals surface area contributed by atoms with Gasteiger partial charge in [-0.15, -0.1) is 23.7 Å². The second-order valence-electron chi connectivity index (χ2n) is 4.89. The number of thiophene rings is 1. The molecule has 7 nitrogen and oxygen atoms in total. The Morgan fingerprint density at radius 1 is 1.16 bits per heavy atom. The predicted octanol–water partition coefficient (Wildman–Crippen LogP) is 1.62. The van der Waals surface area contributed by atoms with Crippen molar-refractivity contribution in [3.8, 4) is 0 Å². The summed E-state index contributed by atoms with van der Waals surface area (Å²) < 4.78 is 38.2. The Balaban J connectivity index is 0.00000312. The van der Waals surface area contributed by atoms with E-state index in [1.807, 2.05) is 0 Å². The third kappa shape index (κ3) is 5.37. The maximum Gasteiger partial charge on any atom is 0.349 e. The van der Waals surface area contributed by atoms with Gasteiger partial charge >= 0.3 is 5.97 Å². The minimum atomic E-state index is -3.83. The van der Waals surface area contributed by atoms with Crippen LogP contribution in [0.2, 0.25) is 0 Å². The minimum Gasteiger partial charge on any atom is -0.465 e. The maximum absolute atomic E-state index is 12.7. The van der Waals surface area contributed by atoms with Gasteiger partial charge in [-0.2, -0.15) is 0 Å². The van der Waals surface area contributed by atoms with Gasteiger partial charge in [-0.25, -0.2) is 17.9 Å². The molecule has 0 radical (unpaired) electrons. The molecule has 1 heterocycles. The van der Waals surface area contributed by atoms with Crippen LogP contribution in [0.3, 0.4) is 0 Å². The average molecular weight is 409 g/mol. The van der Waals surface area contributed by atoms with Crippen molar-refractivity contribution in [1.82, 2.24) is 10.0 Å². The fourth-order valence-electron chi connectivity index (χ4n) is 2.16. The Bertz CT molecular complexity index is 807. The van der Waals surface area contributed by atoms with E-state index in [9.17, 15) is 13.2 Å². The van der Waals surface area contributed by atoms with Crippen molar-refractivity contribution in [2.75, 3.05) is 40.5 Å². The summed E-state index contributed by atoms with van der Waals surface area (Å²) in [5, 5.41) is 3.57. The Labute approximate surface area is 157 Å². The first-order chi connectivity index (χ1) is 11.5. The molecule has 0 saturated heterocycles. The lowest BCUT2D eigenvalue weighted by atomic mass is 10.2. The topological polar surface area (TPSA) is 93.7 Å². The molecule has 10 heteroatoms. The number of hydrogen-bond donors (Lipinski definition) is 2. The molecule has 0 atom stereocenters. The molecule has 0 bridgehead atoms. The molecule has 2 aromatic rings. The number of sulfonamides is 1. The number of fused-ring (bicyclic) bond motifs is 1. The summed E-state index contributed by atoms with van der Waals surface area (Å²) >= 11 is 1.11. The highest BCUT2D eigenvalue weighted by Gasteiger charge is 2.28. The van der Waals surface area contributed by atoms with Crippen molar-refractivity contribution in [3.63, 3.8) is 0 Å². The molecule has 0 amide bonds. The number of ether oxygens (including phenoxy) is 2. The van der Waals surface area contributed by atoms with E-state index in [1.165, 1.54) is 7.11 Å². The molecule has 2 N–H and O–H groups in total. The van der Waals surface area contributed by atoms with Crippen molar-refractivity contribution >= 4 is 49.8 Å². The predicted molar refractivity (Wildman–Crippen MR) is 100 cm³/mol. The summed E-state index contributed by atoms with van der Waals surface area (Å²) in [6.07, 6.45) is 0. The molecule has 0 saturated carbocycles. The van der Waals surface area contributed by atoms with Gasteiger partial charge in [0, 0.05) is 36.8 Å². The highest BCUT2D eigenvalue weighted by Crippen LogP contribution is 2.34. The summed E-state index contributed by atoms with van der Waals surface area (Å²) in [5.74, 6) is -0.658. The van der Waals surface area contributed by atoms with E-state index >= 15 is 0 Å². The lowest BCUT2D eigenvalue weighted by molar-refractivity contribution is 0.0602. The van der Waals surface area contributed by atoms with E-state index in [2.05, 4.69) is 10.0 Å². The molecule has 25 heavy (non-hydrogen) atoms. The number of nitrogens with one attached hydrogen (secondary N) is 2. The van der Waals surface area contributed by atoms with Gasteiger partial charge in [-0.1, -0.05) is 18.2 Å². The lowest BCUT2D eigenvalue weighted by Crippen LogP contribution is -2.33. The van der Waals surface area contributed by atoms with Crippen LogP contribution in [0.5, 0.6) is 0 Å². The van der Waals surface area contributed by atoms with Gasteiger partial charge in [0.05, 0.1) is 13.7 Å². The number of halogens is 1. The molecular formula is C15H21ClN2O5S2. The molecule has 1 aromatic heterocycles. The van der Waals surface area contributed by atoms with Crippen molar-refractivity contribution < 1.29 is 22.7 Å². The van der Waals surface area contributed by atoms with Gasteiger partial charge in [0.15, 0.2) is 0 Å². The number of carbonyl (C=O) groups is 1. The summed E-state index contributed by atoms with van der Waals surface area (Å²) in [7, 11) is -1.00. The smallest absolute Gasteiger partial charge is 0.349 e. The highest BCUT2D eigenvalue weighted by atomic mass is 35.5. The largest absolute Gasteiger partial charge is 0.465 e. The highest BCUT2D eigenvalue weighted by molar-refractivity contribution is 7.90. The van der Waals surface area contributed by atoms with E-state index < -0.39 is 16.0 Å². The number of methoxy groups -OCH3 is 2. The zero-order chi connectivity index (χ0) is 17.6. The third-order valence-corrected chi connectivity index (χ3v) is 6.09. The van der Waals surface area contributed by atoms with Gasteiger partial charge < -0.3 is 14.8 Å². The number of benzene rings is 1. The monoisotopic (exact) mass is 408 g/mol. The zero-order valence-corrected chi connectivity index (χ0v) is 16.4. The number of esters is 1. The number of carbonyl (C=O) groups excluding carboxylic acids is 1. The van der Waals surface area contributed by atoms with Gasteiger partial charge in [0.25, 0.3) is 0 Å². The first kappa shape index (κ1) is 21.8. The van der Waals surface area contributed by atoms with Crippen molar-refractivity contribution in [2.24, 2.45) is 0 Å². The fraction of sp³-hybridized carbons (Fsp3) is 0.400. The summed E-state index contributed by atoms with van der Waals surface area (Å²) in [4.78, 5) is 12.0. The molecule has 2 rings (SSSR count). The molecule has 0 fully saturated rings. The second-order valence-corrected chi connectivity index (χ2v) is 7.64. The van der Waals surface area contributed by atoms with E-state index in [4.69, 9.17) is 9.47 Å². The molecule has 1 aromatic carbocycles. The summed E-state index contributed by atoms with van der Waals surface area (Å²) in [5.41, 5.74) is 0. The number of hydrogen-bond acceptors (Lipinski definition) is 7. The molecule has 0 aliphatic heterocycles. The Kier molecular flexibility index (Phi) is 8.77. The third-order valence-electron chi connectivity index (χ3n) is 3.27. The SMILES string of the molecule is COCCNCCNS(=O)(=O)c1c(C(=O)OC)sc2ccccc12.Cl. The van der Waals surface area contributed by atoms with Crippen molar-refractivity contribution in [1.29, 1.82) is 0 Å². The maximum atomic E-state index is 12.7. The standard InChI is InChI=1S/C15H20N2O5S2.ClH/c1-21-10-9-16-7-8-17-24(19,20)14-11-5-3-4-6-12(11)23-13(14)15(18)22-2;/h3-6,16-17H,7-10H2,1-2H3;1H. The molecule has 0 aliphatic rings. The average Bonchev–Trinajstić information content (AvgIpc) is 2.97. The Morgan fingerprint density at radius 3 is 2.56 bits per heavy atom. The van der Waals surface area contributed by atoms with Crippen LogP contribution in [0.4, 0.5) is 0 Å². The van der Waals surface area contributed by atoms with Crippen molar-refractivity contribution in [2.45, 2.75) is 4.90 Å². The van der Waals surface area contributed by atoms with Crippen LogP contribution in [0.15, 0.2) is 29.2 Å². The summed E-state index contributed by atoms with van der Waals surface area (Å²) in [6, 6.07) is 6.99. The van der Waals surface area contributed by atoms with Crippen LogP contribution in [0.1, 0.15) is 9.67 Å². The Hall–Kier alpha value is -1.23.